The van der Waals surface area contributed by atoms with Crippen molar-refractivity contribution in [1.29, 1.82) is 0 Å². The summed E-state index contributed by atoms with van der Waals surface area (Å²) in [4.78, 5) is 13.9. The van der Waals surface area contributed by atoms with Gasteiger partial charge >= 0.3 is 5.97 Å². The molecule has 0 saturated heterocycles. The Morgan fingerprint density at radius 1 is 1.67 bits per heavy atom. The Balaban J connectivity index is 3.37. The summed E-state index contributed by atoms with van der Waals surface area (Å²) < 4.78 is 29.2. The second kappa shape index (κ2) is 4.39. The molecule has 0 spiro atoms. The maximum absolute atomic E-state index is 12.3. The first-order valence-corrected chi connectivity index (χ1v) is 4.11. The summed E-state index contributed by atoms with van der Waals surface area (Å²) in [6, 6.07) is 0.847. The highest BCUT2D eigenvalue weighted by Crippen LogP contribution is 2.29. The number of ether oxygens (including phenoxy) is 1. The molecule has 0 radical (unpaired) electrons. The molecule has 0 aliphatic rings. The number of aromatic carboxylic acids is 1. The van der Waals surface area contributed by atoms with Gasteiger partial charge < -0.3 is 9.84 Å². The highest BCUT2D eigenvalue weighted by molar-refractivity contribution is 6.32. The predicted molar refractivity (Wildman–Crippen MR) is 47.7 cm³/mol. The first kappa shape index (κ1) is 11.6. The van der Waals surface area contributed by atoms with Crippen molar-refractivity contribution in [3.8, 4) is 5.75 Å². The standard InChI is InChI=1S/C8H6ClF2NO3/c1-15-4-2-3(7(10)11)12-6(9)5(4)8(13)14/h2,7H,1H3,(H,13,14). The molecule has 4 nitrogen and oxygen atoms in total. The molecular weight excluding hydrogens is 232 g/mol. The number of aromatic nitrogens is 1. The Labute approximate surface area is 88.4 Å². The van der Waals surface area contributed by atoms with Gasteiger partial charge in [-0.05, 0) is 0 Å². The zero-order valence-electron chi connectivity index (χ0n) is 7.50. The SMILES string of the molecule is COc1cc(C(F)F)nc(Cl)c1C(=O)O. The van der Waals surface area contributed by atoms with E-state index in [1.807, 2.05) is 0 Å². The van der Waals surface area contributed by atoms with Gasteiger partial charge in [-0.15, -0.1) is 0 Å². The Bertz CT molecular complexity index is 398. The molecule has 7 heteroatoms. The number of alkyl halides is 2. The third-order valence-corrected chi connectivity index (χ3v) is 1.89. The lowest BCUT2D eigenvalue weighted by atomic mass is 10.2. The second-order valence-electron chi connectivity index (χ2n) is 2.52. The molecule has 1 aromatic heterocycles. The molecule has 0 aliphatic carbocycles. The van der Waals surface area contributed by atoms with Gasteiger partial charge in [0.15, 0.2) is 0 Å². The molecule has 1 rings (SSSR count). The average molecular weight is 238 g/mol. The van der Waals surface area contributed by atoms with Crippen molar-refractivity contribution in [1.82, 2.24) is 4.98 Å². The van der Waals surface area contributed by atoms with Crippen molar-refractivity contribution >= 4 is 17.6 Å². The summed E-state index contributed by atoms with van der Waals surface area (Å²) in [6.45, 7) is 0. The van der Waals surface area contributed by atoms with Crippen LogP contribution >= 0.6 is 11.6 Å². The van der Waals surface area contributed by atoms with Gasteiger partial charge in [0.2, 0.25) is 0 Å². The van der Waals surface area contributed by atoms with Gasteiger partial charge in [0.25, 0.3) is 6.43 Å². The normalized spacial score (nSPS) is 10.5. The van der Waals surface area contributed by atoms with Crippen molar-refractivity contribution in [2.45, 2.75) is 6.43 Å². The van der Waals surface area contributed by atoms with E-state index in [9.17, 15) is 13.6 Å². The molecular formula is C8H6ClF2NO3. The number of methoxy groups -OCH3 is 1. The second-order valence-corrected chi connectivity index (χ2v) is 2.88. The molecule has 0 aliphatic heterocycles. The molecule has 82 valence electrons. The van der Waals surface area contributed by atoms with Crippen LogP contribution < -0.4 is 4.74 Å². The molecule has 0 saturated carbocycles. The zero-order chi connectivity index (χ0) is 11.6. The van der Waals surface area contributed by atoms with Crippen LogP contribution in [-0.4, -0.2) is 23.2 Å². The summed E-state index contributed by atoms with van der Waals surface area (Å²) in [7, 11) is 1.16. The molecule has 15 heavy (non-hydrogen) atoms. The summed E-state index contributed by atoms with van der Waals surface area (Å²) in [5.74, 6) is -1.62. The smallest absolute Gasteiger partial charge is 0.342 e. The van der Waals surface area contributed by atoms with Crippen LogP contribution in [0.2, 0.25) is 5.15 Å². The summed E-state index contributed by atoms with van der Waals surface area (Å²) in [6.07, 6.45) is -2.83. The van der Waals surface area contributed by atoms with Crippen LogP contribution in [0.5, 0.6) is 5.75 Å². The van der Waals surface area contributed by atoms with Gasteiger partial charge in [-0.25, -0.2) is 18.6 Å². The van der Waals surface area contributed by atoms with E-state index in [4.69, 9.17) is 16.7 Å². The number of hydrogen-bond acceptors (Lipinski definition) is 3. The fourth-order valence-corrected chi connectivity index (χ4v) is 1.25. The van der Waals surface area contributed by atoms with E-state index < -0.39 is 28.8 Å². The van der Waals surface area contributed by atoms with E-state index in [2.05, 4.69) is 9.72 Å². The Kier molecular flexibility index (Phi) is 3.41. The number of carboxylic acids is 1. The third-order valence-electron chi connectivity index (χ3n) is 1.62. The minimum absolute atomic E-state index is 0.238. The van der Waals surface area contributed by atoms with Gasteiger partial charge in [0.1, 0.15) is 22.2 Å². The molecule has 0 aromatic carbocycles. The highest BCUT2D eigenvalue weighted by Gasteiger charge is 2.21. The van der Waals surface area contributed by atoms with Crippen molar-refractivity contribution in [3.63, 3.8) is 0 Å². The largest absolute Gasteiger partial charge is 0.496 e. The van der Waals surface area contributed by atoms with Crippen LogP contribution in [0.15, 0.2) is 6.07 Å². The van der Waals surface area contributed by atoms with E-state index >= 15 is 0 Å². The number of carboxylic acid groups (broad SMARTS) is 1. The number of nitrogens with zero attached hydrogens (tertiary/aromatic N) is 1. The minimum atomic E-state index is -2.83. The number of hydrogen-bond donors (Lipinski definition) is 1. The van der Waals surface area contributed by atoms with Crippen LogP contribution in [0.3, 0.4) is 0 Å². The van der Waals surface area contributed by atoms with Gasteiger partial charge in [0, 0.05) is 6.07 Å². The van der Waals surface area contributed by atoms with Crippen LogP contribution in [0.4, 0.5) is 8.78 Å². The van der Waals surface area contributed by atoms with Crippen molar-refractivity contribution in [2.75, 3.05) is 7.11 Å². The van der Waals surface area contributed by atoms with E-state index in [1.165, 1.54) is 0 Å². The lowest BCUT2D eigenvalue weighted by Gasteiger charge is -2.08. The fraction of sp³-hybridized carbons (Fsp3) is 0.250. The molecule has 0 fully saturated rings. The van der Waals surface area contributed by atoms with Crippen LogP contribution in [-0.2, 0) is 0 Å². The van der Waals surface area contributed by atoms with Gasteiger partial charge in [-0.2, -0.15) is 0 Å². The highest BCUT2D eigenvalue weighted by atomic mass is 35.5. The molecule has 0 amide bonds. The third kappa shape index (κ3) is 2.33. The summed E-state index contributed by atoms with van der Waals surface area (Å²) in [5, 5.41) is 8.20. The Morgan fingerprint density at radius 3 is 2.67 bits per heavy atom. The lowest BCUT2D eigenvalue weighted by Crippen LogP contribution is -2.05. The number of rotatable bonds is 3. The van der Waals surface area contributed by atoms with Gasteiger partial charge in [-0.1, -0.05) is 11.6 Å². The van der Waals surface area contributed by atoms with Gasteiger partial charge in [-0.3, -0.25) is 0 Å². The van der Waals surface area contributed by atoms with E-state index in [-0.39, 0.29) is 5.75 Å². The first-order chi connectivity index (χ1) is 6.97. The molecule has 1 aromatic rings. The van der Waals surface area contributed by atoms with Gasteiger partial charge in [0.05, 0.1) is 7.11 Å². The van der Waals surface area contributed by atoms with Crippen LogP contribution in [0.1, 0.15) is 22.5 Å². The Morgan fingerprint density at radius 2 is 2.27 bits per heavy atom. The maximum atomic E-state index is 12.3. The Hall–Kier alpha value is -1.43. The maximum Gasteiger partial charge on any atom is 0.342 e. The van der Waals surface area contributed by atoms with E-state index in [0.717, 1.165) is 13.2 Å². The van der Waals surface area contributed by atoms with Crippen molar-refractivity contribution < 1.29 is 23.4 Å². The lowest BCUT2D eigenvalue weighted by molar-refractivity contribution is 0.0692. The fourth-order valence-electron chi connectivity index (χ4n) is 0.976. The topological polar surface area (TPSA) is 59.4 Å². The molecule has 1 N–H and O–H groups in total. The minimum Gasteiger partial charge on any atom is -0.496 e. The summed E-state index contributed by atoms with van der Waals surface area (Å²) in [5.41, 5.74) is -1.05. The van der Waals surface area contributed by atoms with Crippen molar-refractivity contribution in [3.05, 3.63) is 22.5 Å². The molecule has 0 bridgehead atoms. The zero-order valence-corrected chi connectivity index (χ0v) is 8.26. The van der Waals surface area contributed by atoms with Crippen LogP contribution in [0, 0.1) is 0 Å². The average Bonchev–Trinajstić information content (AvgIpc) is 2.15. The monoisotopic (exact) mass is 237 g/mol. The summed E-state index contributed by atoms with van der Waals surface area (Å²) >= 11 is 5.45. The first-order valence-electron chi connectivity index (χ1n) is 3.73. The molecule has 0 unspecified atom stereocenters. The van der Waals surface area contributed by atoms with Crippen LogP contribution in [0.25, 0.3) is 0 Å². The quantitative estimate of drug-likeness (QED) is 0.820. The molecule has 0 atom stereocenters. The molecule has 1 heterocycles. The number of pyridine rings is 1. The van der Waals surface area contributed by atoms with Crippen molar-refractivity contribution in [2.24, 2.45) is 0 Å². The predicted octanol–water partition coefficient (Wildman–Crippen LogP) is 2.38. The van der Waals surface area contributed by atoms with E-state index in [0.29, 0.717) is 0 Å². The number of carbonyl (C=O) groups is 1. The number of halogens is 3. The van der Waals surface area contributed by atoms with E-state index in [1.54, 1.807) is 0 Å².